The smallest absolute Gasteiger partial charge is 0.246 e. The molecule has 0 saturated heterocycles. The number of nitrogens with two attached hydrogens (primary N) is 1. The fourth-order valence-electron chi connectivity index (χ4n) is 1.75. The van der Waals surface area contributed by atoms with Gasteiger partial charge < -0.3 is 10.6 Å². The Morgan fingerprint density at radius 1 is 1.41 bits per heavy atom. The fraction of sp³-hybridized carbons (Fsp3) is 0.462. The first-order valence-corrected chi connectivity index (χ1v) is 6.49. The molecule has 0 aromatic heterocycles. The second-order valence-corrected chi connectivity index (χ2v) is 5.35. The van der Waals surface area contributed by atoms with Crippen LogP contribution >= 0.6 is 15.9 Å². The van der Waals surface area contributed by atoms with Crippen molar-refractivity contribution in [2.45, 2.75) is 25.8 Å². The summed E-state index contributed by atoms with van der Waals surface area (Å²) >= 11 is 3.37. The maximum atomic E-state index is 12.2. The molecule has 0 fully saturated rings. The summed E-state index contributed by atoms with van der Waals surface area (Å²) in [5.41, 5.74) is 6.02. The van der Waals surface area contributed by atoms with Crippen molar-refractivity contribution >= 4 is 21.8 Å². The minimum atomic E-state index is -0.968. The summed E-state index contributed by atoms with van der Waals surface area (Å²) in [5, 5.41) is 0. The fourth-order valence-corrected chi connectivity index (χ4v) is 2.02. The average molecular weight is 299 g/mol. The number of rotatable bonds is 4. The van der Waals surface area contributed by atoms with Gasteiger partial charge >= 0.3 is 0 Å². The standard InChI is InChI=1S/C13H19BrN2O/c1-4-9-16(3)12(17)13(2,15)10-5-7-11(14)8-6-10/h5-8H,4,9,15H2,1-3H3. The maximum Gasteiger partial charge on any atom is 0.246 e. The second-order valence-electron chi connectivity index (χ2n) is 4.44. The van der Waals surface area contributed by atoms with Crippen LogP contribution in [0.5, 0.6) is 0 Å². The van der Waals surface area contributed by atoms with E-state index in [0.717, 1.165) is 23.0 Å². The Kier molecular flexibility index (Phi) is 4.71. The van der Waals surface area contributed by atoms with E-state index in [0.29, 0.717) is 0 Å². The van der Waals surface area contributed by atoms with Crippen LogP contribution in [0.15, 0.2) is 28.7 Å². The Hall–Kier alpha value is -0.870. The number of hydrogen-bond acceptors (Lipinski definition) is 2. The molecule has 1 amide bonds. The molecule has 0 aliphatic carbocycles. The molecule has 0 spiro atoms. The lowest BCUT2D eigenvalue weighted by Gasteiger charge is -2.29. The Labute approximate surface area is 111 Å². The molecule has 0 aliphatic rings. The zero-order valence-electron chi connectivity index (χ0n) is 10.5. The van der Waals surface area contributed by atoms with Crippen molar-refractivity contribution in [1.29, 1.82) is 0 Å². The summed E-state index contributed by atoms with van der Waals surface area (Å²) in [7, 11) is 1.79. The number of benzene rings is 1. The molecule has 3 nitrogen and oxygen atoms in total. The third kappa shape index (κ3) is 3.30. The van der Waals surface area contributed by atoms with Crippen LogP contribution in [-0.4, -0.2) is 24.4 Å². The van der Waals surface area contributed by atoms with Gasteiger partial charge in [-0.3, -0.25) is 4.79 Å². The van der Waals surface area contributed by atoms with Crippen molar-refractivity contribution in [1.82, 2.24) is 4.90 Å². The number of likely N-dealkylation sites (N-methyl/N-ethyl adjacent to an activating group) is 1. The van der Waals surface area contributed by atoms with Crippen LogP contribution in [-0.2, 0) is 10.3 Å². The Balaban J connectivity index is 2.93. The Morgan fingerprint density at radius 3 is 2.41 bits per heavy atom. The largest absolute Gasteiger partial charge is 0.344 e. The van der Waals surface area contributed by atoms with E-state index in [4.69, 9.17) is 5.73 Å². The van der Waals surface area contributed by atoms with Crippen molar-refractivity contribution in [3.05, 3.63) is 34.3 Å². The number of carbonyl (C=O) groups excluding carboxylic acids is 1. The molecule has 0 heterocycles. The average Bonchev–Trinajstić information content (AvgIpc) is 2.29. The summed E-state index contributed by atoms with van der Waals surface area (Å²) in [6, 6.07) is 7.55. The Morgan fingerprint density at radius 2 is 1.94 bits per heavy atom. The summed E-state index contributed by atoms with van der Waals surface area (Å²) in [6.45, 7) is 4.52. The second kappa shape index (κ2) is 5.65. The van der Waals surface area contributed by atoms with Gasteiger partial charge in [-0.15, -0.1) is 0 Å². The third-order valence-corrected chi connectivity index (χ3v) is 3.32. The highest BCUT2D eigenvalue weighted by Crippen LogP contribution is 2.22. The molecule has 4 heteroatoms. The normalized spacial score (nSPS) is 14.2. The molecule has 1 aromatic rings. The van der Waals surface area contributed by atoms with Crippen molar-refractivity contribution in [2.75, 3.05) is 13.6 Å². The highest BCUT2D eigenvalue weighted by atomic mass is 79.9. The predicted octanol–water partition coefficient (Wildman–Crippen LogP) is 2.49. The van der Waals surface area contributed by atoms with Gasteiger partial charge in [-0.25, -0.2) is 0 Å². The predicted molar refractivity (Wildman–Crippen MR) is 73.6 cm³/mol. The molecular weight excluding hydrogens is 280 g/mol. The maximum absolute atomic E-state index is 12.2. The molecule has 1 aromatic carbocycles. The number of carbonyl (C=O) groups is 1. The molecule has 0 saturated carbocycles. The first-order valence-electron chi connectivity index (χ1n) is 5.70. The lowest BCUT2D eigenvalue weighted by atomic mass is 9.92. The number of amides is 1. The van der Waals surface area contributed by atoms with E-state index in [1.54, 1.807) is 18.9 Å². The van der Waals surface area contributed by atoms with E-state index in [9.17, 15) is 4.79 Å². The number of hydrogen-bond donors (Lipinski definition) is 1. The van der Waals surface area contributed by atoms with Crippen molar-refractivity contribution in [3.63, 3.8) is 0 Å². The van der Waals surface area contributed by atoms with Crippen LogP contribution in [0.3, 0.4) is 0 Å². The summed E-state index contributed by atoms with van der Waals surface area (Å²) in [6.07, 6.45) is 0.929. The quantitative estimate of drug-likeness (QED) is 0.928. The van der Waals surface area contributed by atoms with E-state index >= 15 is 0 Å². The lowest BCUT2D eigenvalue weighted by molar-refractivity contribution is -0.135. The van der Waals surface area contributed by atoms with Crippen molar-refractivity contribution < 1.29 is 4.79 Å². The van der Waals surface area contributed by atoms with Crippen molar-refractivity contribution in [2.24, 2.45) is 5.73 Å². The molecule has 94 valence electrons. The van der Waals surface area contributed by atoms with Gasteiger partial charge in [0.1, 0.15) is 5.54 Å². The number of nitrogens with zero attached hydrogens (tertiary/aromatic N) is 1. The van der Waals surface area contributed by atoms with Crippen molar-refractivity contribution in [3.8, 4) is 0 Å². The van der Waals surface area contributed by atoms with Crippen LogP contribution in [0.2, 0.25) is 0 Å². The van der Waals surface area contributed by atoms with E-state index in [-0.39, 0.29) is 5.91 Å². The molecule has 2 N–H and O–H groups in total. The molecule has 0 bridgehead atoms. The third-order valence-electron chi connectivity index (χ3n) is 2.79. The molecule has 17 heavy (non-hydrogen) atoms. The first-order chi connectivity index (χ1) is 7.89. The molecule has 1 unspecified atom stereocenters. The first kappa shape index (κ1) is 14.2. The van der Waals surface area contributed by atoms with Gasteiger partial charge in [-0.05, 0) is 31.0 Å². The number of halogens is 1. The van der Waals surface area contributed by atoms with E-state index in [2.05, 4.69) is 15.9 Å². The molecule has 0 radical (unpaired) electrons. The van der Waals surface area contributed by atoms with Gasteiger partial charge in [0.15, 0.2) is 0 Å². The van der Waals surface area contributed by atoms with E-state index in [1.165, 1.54) is 0 Å². The van der Waals surface area contributed by atoms with Gasteiger partial charge in [0.05, 0.1) is 0 Å². The minimum absolute atomic E-state index is 0.0540. The van der Waals surface area contributed by atoms with Gasteiger partial charge in [-0.2, -0.15) is 0 Å². The zero-order chi connectivity index (χ0) is 13.1. The van der Waals surface area contributed by atoms with E-state index < -0.39 is 5.54 Å². The van der Waals surface area contributed by atoms with Crippen LogP contribution < -0.4 is 5.73 Å². The van der Waals surface area contributed by atoms with Crippen LogP contribution in [0.25, 0.3) is 0 Å². The Bertz CT molecular complexity index is 387. The summed E-state index contributed by atoms with van der Waals surface area (Å²) in [4.78, 5) is 13.9. The molecule has 0 aliphatic heterocycles. The topological polar surface area (TPSA) is 46.3 Å². The zero-order valence-corrected chi connectivity index (χ0v) is 12.1. The lowest BCUT2D eigenvalue weighted by Crippen LogP contribution is -2.49. The van der Waals surface area contributed by atoms with Crippen LogP contribution in [0.4, 0.5) is 0 Å². The molecular formula is C13H19BrN2O. The molecule has 1 atom stereocenters. The van der Waals surface area contributed by atoms with Crippen LogP contribution in [0.1, 0.15) is 25.8 Å². The summed E-state index contributed by atoms with van der Waals surface area (Å²) in [5.74, 6) is -0.0540. The molecule has 1 rings (SSSR count). The van der Waals surface area contributed by atoms with Gasteiger partial charge in [0.25, 0.3) is 0 Å². The van der Waals surface area contributed by atoms with E-state index in [1.807, 2.05) is 31.2 Å². The monoisotopic (exact) mass is 298 g/mol. The van der Waals surface area contributed by atoms with Gasteiger partial charge in [0.2, 0.25) is 5.91 Å². The highest BCUT2D eigenvalue weighted by Gasteiger charge is 2.32. The van der Waals surface area contributed by atoms with Crippen LogP contribution in [0, 0.1) is 0 Å². The highest BCUT2D eigenvalue weighted by molar-refractivity contribution is 9.10. The minimum Gasteiger partial charge on any atom is -0.344 e. The van der Waals surface area contributed by atoms with Gasteiger partial charge in [0, 0.05) is 18.1 Å². The SMILES string of the molecule is CCCN(C)C(=O)C(C)(N)c1ccc(Br)cc1. The summed E-state index contributed by atoms with van der Waals surface area (Å²) < 4.78 is 0.978. The van der Waals surface area contributed by atoms with Gasteiger partial charge in [-0.1, -0.05) is 35.0 Å².